The maximum atomic E-state index is 12.1. The second kappa shape index (κ2) is 7.33. The quantitative estimate of drug-likeness (QED) is 0.753. The monoisotopic (exact) mass is 414 g/mol. The summed E-state index contributed by atoms with van der Waals surface area (Å²) in [6.07, 6.45) is 1.46. The van der Waals surface area contributed by atoms with Crippen molar-refractivity contribution in [3.8, 4) is 0 Å². The Hall–Kier alpha value is -2.50. The molecule has 1 atom stereocenters. The standard InChI is InChI=1S/C24H34N2O4/c1-13-17(10-19(27)29-8)15(3)25-21(13)24(7)12-23(5,6)22-14(2)18(11-20(28)30-9)16(4)26(22)24/h25H,10-12H2,1-9H3. The Morgan fingerprint density at radius 3 is 2.00 bits per heavy atom. The molecule has 3 heterocycles. The van der Waals surface area contributed by atoms with Crippen molar-refractivity contribution in [1.82, 2.24) is 9.55 Å². The van der Waals surface area contributed by atoms with Gasteiger partial charge in [-0.1, -0.05) is 13.8 Å². The maximum absolute atomic E-state index is 12.1. The number of carbonyl (C=O) groups excluding carboxylic acids is 2. The molecule has 0 bridgehead atoms. The lowest BCUT2D eigenvalue weighted by atomic mass is 9.78. The van der Waals surface area contributed by atoms with Gasteiger partial charge in [0.05, 0.1) is 32.6 Å². The maximum Gasteiger partial charge on any atom is 0.310 e. The molecule has 0 spiro atoms. The summed E-state index contributed by atoms with van der Waals surface area (Å²) in [5, 5.41) is 0. The zero-order chi connectivity index (χ0) is 22.6. The fourth-order valence-electron chi connectivity index (χ4n) is 5.82. The number of hydrogen-bond acceptors (Lipinski definition) is 4. The van der Waals surface area contributed by atoms with Gasteiger partial charge in [0.25, 0.3) is 0 Å². The van der Waals surface area contributed by atoms with E-state index in [0.29, 0.717) is 0 Å². The van der Waals surface area contributed by atoms with Crippen LogP contribution in [0, 0.1) is 27.7 Å². The number of nitrogens with zero attached hydrogens (tertiary/aromatic N) is 1. The Balaban J connectivity index is 2.21. The van der Waals surface area contributed by atoms with E-state index in [4.69, 9.17) is 9.47 Å². The van der Waals surface area contributed by atoms with Crippen LogP contribution in [0.2, 0.25) is 0 Å². The molecular weight excluding hydrogens is 380 g/mol. The van der Waals surface area contributed by atoms with Gasteiger partial charge in [0, 0.05) is 28.2 Å². The molecular formula is C24H34N2O4. The van der Waals surface area contributed by atoms with Crippen molar-refractivity contribution in [3.63, 3.8) is 0 Å². The van der Waals surface area contributed by atoms with Gasteiger partial charge in [-0.05, 0) is 63.3 Å². The van der Waals surface area contributed by atoms with Gasteiger partial charge in [-0.15, -0.1) is 0 Å². The molecule has 1 aliphatic heterocycles. The van der Waals surface area contributed by atoms with Crippen molar-refractivity contribution in [3.05, 3.63) is 45.0 Å². The summed E-state index contributed by atoms with van der Waals surface area (Å²) in [6.45, 7) is 15.1. The summed E-state index contributed by atoms with van der Waals surface area (Å²) in [5.74, 6) is -0.463. The van der Waals surface area contributed by atoms with Gasteiger partial charge < -0.3 is 19.0 Å². The minimum absolute atomic E-state index is 0.0636. The van der Waals surface area contributed by atoms with E-state index in [9.17, 15) is 9.59 Å². The van der Waals surface area contributed by atoms with Crippen LogP contribution in [0.4, 0.5) is 0 Å². The number of H-pyrrole nitrogens is 1. The molecule has 0 radical (unpaired) electrons. The number of fused-ring (bicyclic) bond motifs is 1. The van der Waals surface area contributed by atoms with E-state index >= 15 is 0 Å². The molecule has 0 fully saturated rings. The summed E-state index contributed by atoms with van der Waals surface area (Å²) in [7, 11) is 2.85. The van der Waals surface area contributed by atoms with Gasteiger partial charge in [-0.3, -0.25) is 9.59 Å². The first-order chi connectivity index (χ1) is 13.9. The van der Waals surface area contributed by atoms with Crippen molar-refractivity contribution in [2.75, 3.05) is 14.2 Å². The summed E-state index contributed by atoms with van der Waals surface area (Å²) in [5.41, 5.74) is 8.42. The number of nitrogens with one attached hydrogen (secondary N) is 1. The largest absolute Gasteiger partial charge is 0.469 e. The third-order valence-electron chi connectivity index (χ3n) is 6.95. The molecule has 164 valence electrons. The topological polar surface area (TPSA) is 73.3 Å². The molecule has 6 heteroatoms. The summed E-state index contributed by atoms with van der Waals surface area (Å²) in [4.78, 5) is 27.6. The summed E-state index contributed by atoms with van der Waals surface area (Å²) in [6, 6.07) is 0. The second-order valence-corrected chi connectivity index (χ2v) is 9.44. The van der Waals surface area contributed by atoms with Crippen LogP contribution in [0.1, 0.15) is 72.2 Å². The van der Waals surface area contributed by atoms with E-state index in [0.717, 1.165) is 40.2 Å². The second-order valence-electron chi connectivity index (χ2n) is 9.44. The Kier molecular flexibility index (Phi) is 5.42. The van der Waals surface area contributed by atoms with Crippen LogP contribution in [0.5, 0.6) is 0 Å². The van der Waals surface area contributed by atoms with Gasteiger partial charge in [0.15, 0.2) is 0 Å². The lowest BCUT2D eigenvalue weighted by Gasteiger charge is -2.31. The van der Waals surface area contributed by atoms with Crippen LogP contribution in [-0.4, -0.2) is 35.7 Å². The molecule has 0 amide bonds. The minimum Gasteiger partial charge on any atom is -0.469 e. The first-order valence-electron chi connectivity index (χ1n) is 10.4. The molecule has 3 rings (SSSR count). The Morgan fingerprint density at radius 2 is 1.47 bits per heavy atom. The molecule has 30 heavy (non-hydrogen) atoms. The average Bonchev–Trinajstić information content (AvgIpc) is 3.19. The fourth-order valence-corrected chi connectivity index (χ4v) is 5.82. The van der Waals surface area contributed by atoms with Crippen molar-refractivity contribution < 1.29 is 19.1 Å². The molecule has 1 N–H and O–H groups in total. The van der Waals surface area contributed by atoms with Gasteiger partial charge in [0.2, 0.25) is 0 Å². The Bertz CT molecular complexity index is 1020. The average molecular weight is 415 g/mol. The minimum atomic E-state index is -0.314. The van der Waals surface area contributed by atoms with Crippen molar-refractivity contribution in [2.45, 2.75) is 78.7 Å². The summed E-state index contributed by atoms with van der Waals surface area (Å²) < 4.78 is 12.2. The smallest absolute Gasteiger partial charge is 0.310 e. The van der Waals surface area contributed by atoms with Gasteiger partial charge in [-0.25, -0.2) is 0 Å². The first kappa shape index (κ1) is 22.2. The van der Waals surface area contributed by atoms with E-state index in [1.165, 1.54) is 25.5 Å². The highest BCUT2D eigenvalue weighted by atomic mass is 16.5. The molecule has 0 aliphatic carbocycles. The molecule has 1 aliphatic rings. The number of hydrogen-bond donors (Lipinski definition) is 1. The van der Waals surface area contributed by atoms with Crippen molar-refractivity contribution in [1.29, 1.82) is 0 Å². The lowest BCUT2D eigenvalue weighted by Crippen LogP contribution is -2.31. The van der Waals surface area contributed by atoms with Crippen molar-refractivity contribution >= 4 is 11.9 Å². The van der Waals surface area contributed by atoms with Crippen LogP contribution in [0.3, 0.4) is 0 Å². The van der Waals surface area contributed by atoms with E-state index in [-0.39, 0.29) is 35.7 Å². The van der Waals surface area contributed by atoms with E-state index < -0.39 is 0 Å². The molecule has 2 aromatic rings. The van der Waals surface area contributed by atoms with Gasteiger partial charge in [0.1, 0.15) is 0 Å². The molecule has 2 aromatic heterocycles. The van der Waals surface area contributed by atoms with Gasteiger partial charge in [-0.2, -0.15) is 0 Å². The van der Waals surface area contributed by atoms with Crippen LogP contribution in [0.15, 0.2) is 0 Å². The SMILES string of the molecule is COC(=O)Cc1c(C)[nH]c(C2(C)CC(C)(C)c3c(C)c(CC(=O)OC)c(C)n32)c1C. The number of esters is 2. The van der Waals surface area contributed by atoms with Gasteiger partial charge >= 0.3 is 11.9 Å². The predicted octanol–water partition coefficient (Wildman–Crippen LogP) is 3.93. The number of aromatic amines is 1. The molecule has 6 nitrogen and oxygen atoms in total. The third kappa shape index (κ3) is 3.17. The number of aromatic nitrogens is 2. The van der Waals surface area contributed by atoms with E-state index in [1.807, 2.05) is 6.92 Å². The summed E-state index contributed by atoms with van der Waals surface area (Å²) >= 11 is 0. The van der Waals surface area contributed by atoms with Crippen LogP contribution < -0.4 is 0 Å². The highest BCUT2D eigenvalue weighted by molar-refractivity contribution is 5.74. The van der Waals surface area contributed by atoms with E-state index in [2.05, 4.69) is 51.1 Å². The normalized spacial score (nSPS) is 19.6. The highest BCUT2D eigenvalue weighted by Crippen LogP contribution is 2.52. The molecule has 0 saturated heterocycles. The zero-order valence-corrected chi connectivity index (χ0v) is 19.7. The Morgan fingerprint density at radius 1 is 0.933 bits per heavy atom. The molecule has 0 saturated carbocycles. The number of carbonyl (C=O) groups is 2. The highest BCUT2D eigenvalue weighted by Gasteiger charge is 2.50. The molecule has 0 aromatic carbocycles. The van der Waals surface area contributed by atoms with Crippen molar-refractivity contribution in [2.24, 2.45) is 0 Å². The third-order valence-corrected chi connectivity index (χ3v) is 6.95. The number of methoxy groups -OCH3 is 2. The van der Waals surface area contributed by atoms with Crippen LogP contribution in [0.25, 0.3) is 0 Å². The molecule has 1 unspecified atom stereocenters. The number of ether oxygens (including phenoxy) is 2. The Labute approximate surface area is 179 Å². The first-order valence-corrected chi connectivity index (χ1v) is 10.4. The number of aryl methyl sites for hydroxylation is 1. The lowest BCUT2D eigenvalue weighted by molar-refractivity contribution is -0.140. The van der Waals surface area contributed by atoms with Crippen LogP contribution >= 0.6 is 0 Å². The van der Waals surface area contributed by atoms with E-state index in [1.54, 1.807) is 0 Å². The zero-order valence-electron chi connectivity index (χ0n) is 19.7. The fraction of sp³-hybridized carbons (Fsp3) is 0.583. The van der Waals surface area contributed by atoms with Crippen LogP contribution in [-0.2, 0) is 42.9 Å². The number of rotatable bonds is 5. The predicted molar refractivity (Wildman–Crippen MR) is 116 cm³/mol.